The molecule has 10 heteroatoms. The molecular weight excluding hydrogens is 427 g/mol. The lowest BCUT2D eigenvalue weighted by atomic mass is 10.0. The quantitative estimate of drug-likeness (QED) is 0.508. The second-order valence-electron chi connectivity index (χ2n) is 5.75. The average molecular weight is 445 g/mol. The molecule has 28 heavy (non-hydrogen) atoms. The number of methoxy groups -OCH3 is 1. The Hall–Kier alpha value is -1.78. The molecule has 6 nitrogen and oxygen atoms in total. The molecule has 0 saturated carbocycles. The van der Waals surface area contributed by atoms with Crippen LogP contribution in [0.3, 0.4) is 0 Å². The molecule has 3 rings (SSSR count). The van der Waals surface area contributed by atoms with Gasteiger partial charge in [0.05, 0.1) is 28.6 Å². The summed E-state index contributed by atoms with van der Waals surface area (Å²) in [5.41, 5.74) is 0.305. The molecule has 150 valence electrons. The maximum atomic E-state index is 13.3. The molecule has 3 aromatic rings. The number of aliphatic hydroxyl groups excluding tert-OH is 1. The summed E-state index contributed by atoms with van der Waals surface area (Å²) < 4.78 is 18.5. The van der Waals surface area contributed by atoms with E-state index in [2.05, 4.69) is 9.97 Å². The van der Waals surface area contributed by atoms with Crippen LogP contribution in [-0.4, -0.2) is 40.6 Å². The van der Waals surface area contributed by atoms with Gasteiger partial charge in [-0.2, -0.15) is 13.5 Å². The predicted octanol–water partition coefficient (Wildman–Crippen LogP) is 2.89. The van der Waals surface area contributed by atoms with E-state index in [-0.39, 0.29) is 30.5 Å². The van der Waals surface area contributed by atoms with Gasteiger partial charge in [-0.15, -0.1) is 11.8 Å². The summed E-state index contributed by atoms with van der Waals surface area (Å²) in [6, 6.07) is 7.20. The van der Waals surface area contributed by atoms with E-state index >= 15 is 0 Å². The number of H-pyrrole nitrogens is 2. The van der Waals surface area contributed by atoms with Crippen LogP contribution in [0.1, 0.15) is 0 Å². The fraction of sp³-hybridized carbons (Fsp3) is 0.222. The standard InChI is InChI=1S/C18H16ClFN2O4S.H2S/c1-26-11(7-23)8-27-16-14(9-2-4-10(20)5-3-9)13(19)6-12-15(16)21-18(25)22-17(12)24;/h2-6,11,23H,7-8H2,1H3,(H2,21,22,24,25);1H2/t11-;/m0./s1. The zero-order valence-corrected chi connectivity index (χ0v) is 17.3. The van der Waals surface area contributed by atoms with Crippen molar-refractivity contribution in [2.75, 3.05) is 19.5 Å². The molecule has 0 bridgehead atoms. The molecule has 0 spiro atoms. The van der Waals surface area contributed by atoms with Gasteiger partial charge in [-0.25, -0.2) is 9.18 Å². The molecule has 0 aliphatic heterocycles. The third kappa shape index (κ3) is 4.61. The Balaban J connectivity index is 0.00000280. The largest absolute Gasteiger partial charge is 0.394 e. The second kappa shape index (κ2) is 9.62. The molecule has 0 saturated heterocycles. The van der Waals surface area contributed by atoms with Gasteiger partial charge in [0, 0.05) is 23.3 Å². The van der Waals surface area contributed by atoms with Crippen molar-refractivity contribution < 1.29 is 14.2 Å². The first-order valence-corrected chi connectivity index (χ1v) is 9.32. The highest BCUT2D eigenvalue weighted by atomic mass is 35.5. The van der Waals surface area contributed by atoms with Crippen LogP contribution in [0.5, 0.6) is 0 Å². The van der Waals surface area contributed by atoms with Crippen LogP contribution in [0.15, 0.2) is 44.8 Å². The predicted molar refractivity (Wildman–Crippen MR) is 115 cm³/mol. The average Bonchev–Trinajstić information content (AvgIpc) is 2.64. The molecule has 0 radical (unpaired) electrons. The number of hydrogen-bond acceptors (Lipinski definition) is 5. The Morgan fingerprint density at radius 2 is 1.93 bits per heavy atom. The van der Waals surface area contributed by atoms with Gasteiger partial charge >= 0.3 is 5.69 Å². The SMILES string of the molecule is CO[C@@H](CO)CSc1c(-c2ccc(F)cc2)c(Cl)cc2c(=O)[nH]c(=O)[nH]c12.S. The lowest BCUT2D eigenvalue weighted by Crippen LogP contribution is -2.22. The maximum Gasteiger partial charge on any atom is 0.326 e. The van der Waals surface area contributed by atoms with E-state index in [9.17, 15) is 19.1 Å². The van der Waals surface area contributed by atoms with Gasteiger partial charge in [-0.1, -0.05) is 23.7 Å². The Morgan fingerprint density at radius 1 is 1.25 bits per heavy atom. The number of hydrogen-bond donors (Lipinski definition) is 3. The molecular formula is C18H18ClFN2O4S2. The van der Waals surface area contributed by atoms with Crippen LogP contribution in [0.2, 0.25) is 5.02 Å². The van der Waals surface area contributed by atoms with Crippen LogP contribution >= 0.6 is 36.9 Å². The maximum absolute atomic E-state index is 13.3. The van der Waals surface area contributed by atoms with Crippen LogP contribution < -0.4 is 11.2 Å². The number of nitrogens with one attached hydrogen (secondary N) is 2. The summed E-state index contributed by atoms with van der Waals surface area (Å²) in [5, 5.41) is 9.87. The number of aliphatic hydroxyl groups is 1. The number of fused-ring (bicyclic) bond motifs is 1. The van der Waals surface area contributed by atoms with Gasteiger partial charge in [0.25, 0.3) is 5.56 Å². The van der Waals surface area contributed by atoms with Crippen molar-refractivity contribution in [2.24, 2.45) is 0 Å². The number of benzene rings is 2. The molecule has 1 aromatic heterocycles. The molecule has 0 fully saturated rings. The number of thioether (sulfide) groups is 1. The van der Waals surface area contributed by atoms with Gasteiger partial charge in [-0.05, 0) is 23.8 Å². The van der Waals surface area contributed by atoms with E-state index in [0.29, 0.717) is 27.3 Å². The fourth-order valence-corrected chi connectivity index (χ4v) is 4.29. The first kappa shape index (κ1) is 22.5. The Labute approximate surface area is 175 Å². The van der Waals surface area contributed by atoms with E-state index in [4.69, 9.17) is 16.3 Å². The summed E-state index contributed by atoms with van der Waals surface area (Å²) >= 11 is 7.72. The van der Waals surface area contributed by atoms with E-state index in [1.54, 1.807) is 12.1 Å². The summed E-state index contributed by atoms with van der Waals surface area (Å²) in [6.07, 6.45) is -0.446. The fourth-order valence-electron chi connectivity index (χ4n) is 2.65. The van der Waals surface area contributed by atoms with Crippen molar-refractivity contribution in [3.63, 3.8) is 0 Å². The summed E-state index contributed by atoms with van der Waals surface area (Å²) in [4.78, 5) is 29.4. The number of rotatable bonds is 6. The zero-order valence-electron chi connectivity index (χ0n) is 14.7. The number of aromatic nitrogens is 2. The van der Waals surface area contributed by atoms with E-state index in [1.165, 1.54) is 37.1 Å². The minimum atomic E-state index is -0.646. The van der Waals surface area contributed by atoms with Crippen molar-refractivity contribution in [2.45, 2.75) is 11.0 Å². The van der Waals surface area contributed by atoms with Crippen molar-refractivity contribution >= 4 is 47.8 Å². The van der Waals surface area contributed by atoms with Crippen LogP contribution in [-0.2, 0) is 4.74 Å². The highest BCUT2D eigenvalue weighted by Gasteiger charge is 2.19. The third-order valence-corrected chi connectivity index (χ3v) is 5.56. The van der Waals surface area contributed by atoms with Gasteiger partial charge < -0.3 is 14.8 Å². The second-order valence-corrected chi connectivity index (χ2v) is 7.19. The van der Waals surface area contributed by atoms with Crippen LogP contribution in [0.4, 0.5) is 4.39 Å². The van der Waals surface area contributed by atoms with Crippen LogP contribution in [0, 0.1) is 5.82 Å². The molecule has 1 atom stereocenters. The minimum Gasteiger partial charge on any atom is -0.394 e. The van der Waals surface area contributed by atoms with Crippen molar-refractivity contribution in [1.82, 2.24) is 9.97 Å². The molecule has 1 heterocycles. The van der Waals surface area contributed by atoms with Gasteiger partial charge in [-0.3, -0.25) is 9.78 Å². The molecule has 0 amide bonds. The highest BCUT2D eigenvalue weighted by Crippen LogP contribution is 2.41. The number of halogens is 2. The smallest absolute Gasteiger partial charge is 0.326 e. The zero-order chi connectivity index (χ0) is 19.6. The van der Waals surface area contributed by atoms with Crippen LogP contribution in [0.25, 0.3) is 22.0 Å². The minimum absolute atomic E-state index is 0. The van der Waals surface area contributed by atoms with Crippen molar-refractivity contribution in [3.05, 3.63) is 62.0 Å². The Bertz CT molecular complexity index is 1080. The summed E-state index contributed by atoms with van der Waals surface area (Å²) in [7, 11) is 1.48. The lowest BCUT2D eigenvalue weighted by molar-refractivity contribution is 0.0656. The van der Waals surface area contributed by atoms with E-state index < -0.39 is 23.2 Å². The Kier molecular flexibility index (Phi) is 7.73. The van der Waals surface area contributed by atoms with E-state index in [1.807, 2.05) is 0 Å². The molecule has 0 unspecified atom stereocenters. The van der Waals surface area contributed by atoms with Gasteiger partial charge in [0.15, 0.2) is 0 Å². The number of aromatic amines is 2. The number of ether oxygens (including phenoxy) is 1. The van der Waals surface area contributed by atoms with E-state index in [0.717, 1.165) is 0 Å². The molecule has 2 aromatic carbocycles. The van der Waals surface area contributed by atoms with Gasteiger partial charge in [0.1, 0.15) is 5.82 Å². The van der Waals surface area contributed by atoms with Crippen molar-refractivity contribution in [3.8, 4) is 11.1 Å². The molecule has 3 N–H and O–H groups in total. The molecule has 0 aliphatic carbocycles. The third-order valence-electron chi connectivity index (χ3n) is 4.03. The topological polar surface area (TPSA) is 95.2 Å². The first-order chi connectivity index (χ1) is 12.9. The summed E-state index contributed by atoms with van der Waals surface area (Å²) in [5.74, 6) is -0.0414. The van der Waals surface area contributed by atoms with Crippen molar-refractivity contribution in [1.29, 1.82) is 0 Å². The monoisotopic (exact) mass is 444 g/mol. The lowest BCUT2D eigenvalue weighted by Gasteiger charge is -2.17. The highest BCUT2D eigenvalue weighted by molar-refractivity contribution is 7.99. The first-order valence-electron chi connectivity index (χ1n) is 7.95. The summed E-state index contributed by atoms with van der Waals surface area (Å²) in [6.45, 7) is -0.190. The normalized spacial score (nSPS) is 12.0. The molecule has 0 aliphatic rings. The van der Waals surface area contributed by atoms with Gasteiger partial charge in [0.2, 0.25) is 0 Å². The Morgan fingerprint density at radius 3 is 2.54 bits per heavy atom.